The molecule has 2 aliphatic heterocycles. The second-order valence-corrected chi connectivity index (χ2v) is 10.8. The van der Waals surface area contributed by atoms with Gasteiger partial charge in [-0.3, -0.25) is 9.69 Å². The highest BCUT2D eigenvalue weighted by Gasteiger charge is 2.35. The third kappa shape index (κ3) is 5.46. The van der Waals surface area contributed by atoms with Crippen LogP contribution in [0.25, 0.3) is 0 Å². The second kappa shape index (κ2) is 9.40. The van der Waals surface area contributed by atoms with Gasteiger partial charge in [0, 0.05) is 44.5 Å². The number of carbonyl (C=O) groups is 1. The molecule has 0 aliphatic carbocycles. The number of anilines is 1. The minimum atomic E-state index is -3.06. The van der Waals surface area contributed by atoms with Crippen LogP contribution in [0.3, 0.4) is 0 Å². The van der Waals surface area contributed by atoms with E-state index in [1.165, 1.54) is 11.3 Å². The summed E-state index contributed by atoms with van der Waals surface area (Å²) in [6.07, 6.45) is 0.530. The van der Waals surface area contributed by atoms with E-state index in [4.69, 9.17) is 0 Å². The third-order valence-electron chi connectivity index (χ3n) is 6.35. The number of benzene rings is 2. The molecule has 0 bridgehead atoms. The van der Waals surface area contributed by atoms with Crippen molar-refractivity contribution in [2.24, 2.45) is 0 Å². The van der Waals surface area contributed by atoms with E-state index in [1.807, 2.05) is 30.3 Å². The predicted octanol–water partition coefficient (Wildman–Crippen LogP) is 2.33. The molecule has 2 aromatic rings. The van der Waals surface area contributed by atoms with Crippen molar-refractivity contribution in [3.05, 3.63) is 65.7 Å². The SMILES string of the molecule is Cc1ccccc1N1CCN(CC(=O)N(Cc2ccccc2)[C@H]2CCS(=O)(=O)C2)CC1. The Bertz CT molecular complexity index is 1000. The molecule has 31 heavy (non-hydrogen) atoms. The Balaban J connectivity index is 1.40. The normalized spacial score (nSPS) is 21.2. The van der Waals surface area contributed by atoms with Crippen LogP contribution in [0.4, 0.5) is 5.69 Å². The van der Waals surface area contributed by atoms with Crippen LogP contribution in [0, 0.1) is 6.92 Å². The van der Waals surface area contributed by atoms with E-state index >= 15 is 0 Å². The molecule has 2 saturated heterocycles. The number of amides is 1. The van der Waals surface area contributed by atoms with Gasteiger partial charge in [0.1, 0.15) is 0 Å². The Hall–Kier alpha value is -2.38. The lowest BCUT2D eigenvalue weighted by Gasteiger charge is -2.38. The molecule has 7 heteroatoms. The fraction of sp³-hybridized carbons (Fsp3) is 0.458. The molecule has 0 radical (unpaired) electrons. The molecule has 6 nitrogen and oxygen atoms in total. The first kappa shape index (κ1) is 21.8. The van der Waals surface area contributed by atoms with Gasteiger partial charge < -0.3 is 9.80 Å². The third-order valence-corrected chi connectivity index (χ3v) is 8.10. The van der Waals surface area contributed by atoms with Crippen molar-refractivity contribution in [2.75, 3.05) is 49.1 Å². The van der Waals surface area contributed by atoms with Crippen molar-refractivity contribution >= 4 is 21.4 Å². The molecule has 1 amide bonds. The van der Waals surface area contributed by atoms with Crippen LogP contribution in [-0.4, -0.2) is 74.4 Å². The molecule has 0 N–H and O–H groups in total. The molecule has 166 valence electrons. The quantitative estimate of drug-likeness (QED) is 0.689. The number of nitrogens with zero attached hydrogens (tertiary/aromatic N) is 3. The summed E-state index contributed by atoms with van der Waals surface area (Å²) in [6.45, 7) is 6.34. The van der Waals surface area contributed by atoms with Gasteiger partial charge >= 0.3 is 0 Å². The fourth-order valence-electron chi connectivity index (χ4n) is 4.57. The van der Waals surface area contributed by atoms with Crippen molar-refractivity contribution in [2.45, 2.75) is 25.9 Å². The predicted molar refractivity (Wildman–Crippen MR) is 124 cm³/mol. The number of rotatable bonds is 6. The van der Waals surface area contributed by atoms with Gasteiger partial charge in [-0.25, -0.2) is 8.42 Å². The number of para-hydroxylation sites is 1. The van der Waals surface area contributed by atoms with E-state index in [1.54, 1.807) is 4.90 Å². The molecule has 1 atom stereocenters. The Morgan fingerprint density at radius 3 is 2.32 bits per heavy atom. The standard InChI is InChI=1S/C24H31N3O3S/c1-20-7-5-6-10-23(20)26-14-12-25(13-15-26)18-24(28)27(17-21-8-3-2-4-9-21)22-11-16-31(29,30)19-22/h2-10,22H,11-19H2,1H3/t22-/m0/s1. The van der Waals surface area contributed by atoms with E-state index in [2.05, 4.69) is 41.0 Å². The maximum absolute atomic E-state index is 13.3. The molecule has 2 fully saturated rings. The molecule has 2 heterocycles. The molecule has 0 spiro atoms. The average Bonchev–Trinajstić information content (AvgIpc) is 3.13. The van der Waals surface area contributed by atoms with Gasteiger partial charge in [0.25, 0.3) is 0 Å². The Morgan fingerprint density at radius 1 is 1.00 bits per heavy atom. The first-order chi connectivity index (χ1) is 14.9. The number of sulfone groups is 1. The topological polar surface area (TPSA) is 60.9 Å². The molecule has 4 rings (SSSR count). The molecule has 2 aromatic carbocycles. The summed E-state index contributed by atoms with van der Waals surface area (Å²) in [5.41, 5.74) is 3.56. The van der Waals surface area contributed by atoms with Crippen LogP contribution in [0.5, 0.6) is 0 Å². The van der Waals surface area contributed by atoms with Gasteiger partial charge in [0.05, 0.1) is 18.1 Å². The highest BCUT2D eigenvalue weighted by atomic mass is 32.2. The zero-order valence-electron chi connectivity index (χ0n) is 18.1. The van der Waals surface area contributed by atoms with Gasteiger partial charge in [-0.2, -0.15) is 0 Å². The molecule has 2 aliphatic rings. The monoisotopic (exact) mass is 441 g/mol. The van der Waals surface area contributed by atoms with Gasteiger partial charge in [-0.1, -0.05) is 48.5 Å². The van der Waals surface area contributed by atoms with E-state index in [9.17, 15) is 13.2 Å². The average molecular weight is 442 g/mol. The minimum absolute atomic E-state index is 0.0234. The Labute approximate surface area is 185 Å². The smallest absolute Gasteiger partial charge is 0.237 e. The summed E-state index contributed by atoms with van der Waals surface area (Å²) in [6, 6.07) is 18.0. The van der Waals surface area contributed by atoms with Crippen molar-refractivity contribution in [1.29, 1.82) is 0 Å². The lowest BCUT2D eigenvalue weighted by molar-refractivity contribution is -0.135. The second-order valence-electron chi connectivity index (χ2n) is 8.61. The fourth-order valence-corrected chi connectivity index (χ4v) is 6.30. The number of piperazine rings is 1. The lowest BCUT2D eigenvalue weighted by atomic mass is 10.1. The maximum Gasteiger partial charge on any atom is 0.237 e. The first-order valence-corrected chi connectivity index (χ1v) is 12.8. The molecule has 0 aromatic heterocycles. The van der Waals surface area contributed by atoms with Crippen LogP contribution < -0.4 is 4.90 Å². The van der Waals surface area contributed by atoms with Crippen molar-refractivity contribution < 1.29 is 13.2 Å². The summed E-state index contributed by atoms with van der Waals surface area (Å²) in [4.78, 5) is 19.7. The number of carbonyl (C=O) groups excluding carboxylic acids is 1. The van der Waals surface area contributed by atoms with Gasteiger partial charge in [0.15, 0.2) is 9.84 Å². The van der Waals surface area contributed by atoms with E-state index in [0.717, 1.165) is 31.7 Å². The Morgan fingerprint density at radius 2 is 1.68 bits per heavy atom. The van der Waals surface area contributed by atoms with E-state index < -0.39 is 9.84 Å². The van der Waals surface area contributed by atoms with Crippen molar-refractivity contribution in [3.63, 3.8) is 0 Å². The summed E-state index contributed by atoms with van der Waals surface area (Å²) in [7, 11) is -3.06. The largest absolute Gasteiger partial charge is 0.369 e. The number of hydrogen-bond donors (Lipinski definition) is 0. The molecular weight excluding hydrogens is 410 g/mol. The summed E-state index contributed by atoms with van der Waals surface area (Å²) in [5.74, 6) is 0.271. The number of aryl methyl sites for hydroxylation is 1. The van der Waals surface area contributed by atoms with Gasteiger partial charge in [-0.05, 0) is 30.5 Å². The van der Waals surface area contributed by atoms with Crippen molar-refractivity contribution in [1.82, 2.24) is 9.80 Å². The molecular formula is C24H31N3O3S. The highest BCUT2D eigenvalue weighted by Crippen LogP contribution is 2.23. The zero-order chi connectivity index (χ0) is 21.8. The number of hydrogen-bond acceptors (Lipinski definition) is 5. The van der Waals surface area contributed by atoms with Crippen LogP contribution in [0.2, 0.25) is 0 Å². The van der Waals surface area contributed by atoms with Crippen LogP contribution in [0.15, 0.2) is 54.6 Å². The Kier molecular flexibility index (Phi) is 6.62. The summed E-state index contributed by atoms with van der Waals surface area (Å²) < 4.78 is 24.1. The highest BCUT2D eigenvalue weighted by molar-refractivity contribution is 7.91. The van der Waals surface area contributed by atoms with Gasteiger partial charge in [0.2, 0.25) is 5.91 Å². The molecule has 0 unspecified atom stereocenters. The lowest BCUT2D eigenvalue weighted by Crippen LogP contribution is -2.51. The first-order valence-electron chi connectivity index (χ1n) is 11.0. The van der Waals surface area contributed by atoms with Crippen LogP contribution >= 0.6 is 0 Å². The summed E-state index contributed by atoms with van der Waals surface area (Å²) in [5, 5.41) is 0. The van der Waals surface area contributed by atoms with Crippen LogP contribution in [-0.2, 0) is 21.2 Å². The van der Waals surface area contributed by atoms with E-state index in [0.29, 0.717) is 19.5 Å². The zero-order valence-corrected chi connectivity index (χ0v) is 18.9. The molecule has 0 saturated carbocycles. The maximum atomic E-state index is 13.3. The van der Waals surface area contributed by atoms with Crippen LogP contribution in [0.1, 0.15) is 17.5 Å². The summed E-state index contributed by atoms with van der Waals surface area (Å²) >= 11 is 0. The van der Waals surface area contributed by atoms with Crippen molar-refractivity contribution in [3.8, 4) is 0 Å². The minimum Gasteiger partial charge on any atom is -0.369 e. The van der Waals surface area contributed by atoms with E-state index in [-0.39, 0.29) is 23.5 Å². The van der Waals surface area contributed by atoms with Gasteiger partial charge in [-0.15, -0.1) is 0 Å².